The minimum absolute atomic E-state index is 0.270. The molecule has 0 fully saturated rings. The van der Waals surface area contributed by atoms with E-state index in [1.165, 1.54) is 11.9 Å². The summed E-state index contributed by atoms with van der Waals surface area (Å²) in [5.41, 5.74) is 3.43. The Bertz CT molecular complexity index is 988. The molecule has 1 aliphatic heterocycles. The maximum Gasteiger partial charge on any atom is 0.274 e. The van der Waals surface area contributed by atoms with E-state index in [9.17, 15) is 4.79 Å². The van der Waals surface area contributed by atoms with Crippen LogP contribution in [0.1, 0.15) is 29.9 Å². The second-order valence-electron chi connectivity index (χ2n) is 6.72. The van der Waals surface area contributed by atoms with Gasteiger partial charge in [-0.1, -0.05) is 18.2 Å². The molecule has 0 radical (unpaired) electrons. The first-order valence-corrected chi connectivity index (χ1v) is 9.39. The van der Waals surface area contributed by atoms with Gasteiger partial charge in [0, 0.05) is 23.5 Å². The topological polar surface area (TPSA) is 67.3 Å². The molecule has 1 atom stereocenters. The molecule has 4 rings (SSSR count). The van der Waals surface area contributed by atoms with Gasteiger partial charge in [-0.15, -0.1) is 0 Å². The summed E-state index contributed by atoms with van der Waals surface area (Å²) in [5.74, 6) is 1.23. The first kappa shape index (κ1) is 18.0. The molecule has 0 saturated carbocycles. The van der Waals surface area contributed by atoms with E-state index >= 15 is 0 Å². The van der Waals surface area contributed by atoms with Crippen LogP contribution in [0.2, 0.25) is 0 Å². The van der Waals surface area contributed by atoms with Crippen LogP contribution in [-0.2, 0) is 6.42 Å². The highest BCUT2D eigenvalue weighted by molar-refractivity contribution is 6.03. The largest absolute Gasteiger partial charge is 0.494 e. The third-order valence-electron chi connectivity index (χ3n) is 4.76. The molecular weight excluding hydrogens is 352 g/mol. The monoisotopic (exact) mass is 374 g/mol. The second kappa shape index (κ2) is 7.68. The van der Waals surface area contributed by atoms with Gasteiger partial charge < -0.3 is 15.0 Å². The molecule has 1 unspecified atom stereocenters. The molecule has 0 spiro atoms. The first-order chi connectivity index (χ1) is 13.7. The van der Waals surface area contributed by atoms with Crippen LogP contribution in [-0.4, -0.2) is 28.5 Å². The molecule has 1 N–H and O–H groups in total. The second-order valence-corrected chi connectivity index (χ2v) is 6.72. The van der Waals surface area contributed by atoms with Crippen molar-refractivity contribution in [2.45, 2.75) is 26.3 Å². The molecular formula is C22H22N4O2. The highest BCUT2D eigenvalue weighted by atomic mass is 16.5. The number of para-hydroxylation sites is 1. The lowest BCUT2D eigenvalue weighted by molar-refractivity contribution is 0.102. The van der Waals surface area contributed by atoms with E-state index in [1.54, 1.807) is 6.07 Å². The lowest BCUT2D eigenvalue weighted by Gasteiger charge is -2.23. The average Bonchev–Trinajstić information content (AvgIpc) is 3.05. The molecule has 6 heteroatoms. The number of anilines is 3. The Labute approximate surface area is 164 Å². The molecule has 0 aliphatic carbocycles. The molecule has 2 aromatic carbocycles. The Morgan fingerprint density at radius 1 is 1.18 bits per heavy atom. The predicted molar refractivity (Wildman–Crippen MR) is 109 cm³/mol. The Morgan fingerprint density at radius 3 is 2.75 bits per heavy atom. The van der Waals surface area contributed by atoms with Gasteiger partial charge in [0.1, 0.15) is 23.6 Å². The fourth-order valence-electron chi connectivity index (χ4n) is 3.51. The summed E-state index contributed by atoms with van der Waals surface area (Å²) in [6, 6.07) is 17.6. The van der Waals surface area contributed by atoms with Crippen LogP contribution in [0.3, 0.4) is 0 Å². The zero-order valence-corrected chi connectivity index (χ0v) is 15.9. The maximum absolute atomic E-state index is 12.7. The summed E-state index contributed by atoms with van der Waals surface area (Å²) in [6.45, 7) is 4.69. The van der Waals surface area contributed by atoms with Crippen LogP contribution >= 0.6 is 0 Å². The van der Waals surface area contributed by atoms with Gasteiger partial charge in [-0.05, 0) is 56.2 Å². The normalized spacial score (nSPS) is 15.2. The molecule has 2 heterocycles. The summed E-state index contributed by atoms with van der Waals surface area (Å²) in [6.07, 6.45) is 2.39. The summed E-state index contributed by atoms with van der Waals surface area (Å²) in [5, 5.41) is 2.87. The summed E-state index contributed by atoms with van der Waals surface area (Å²) in [4.78, 5) is 23.4. The summed E-state index contributed by atoms with van der Waals surface area (Å²) >= 11 is 0. The number of aromatic nitrogens is 2. The van der Waals surface area contributed by atoms with Gasteiger partial charge in [-0.3, -0.25) is 4.79 Å². The van der Waals surface area contributed by atoms with Crippen molar-refractivity contribution < 1.29 is 9.53 Å². The number of rotatable bonds is 5. The first-order valence-electron chi connectivity index (χ1n) is 9.39. The van der Waals surface area contributed by atoms with Gasteiger partial charge >= 0.3 is 0 Å². The summed E-state index contributed by atoms with van der Waals surface area (Å²) < 4.78 is 5.42. The predicted octanol–water partition coefficient (Wildman–Crippen LogP) is 4.21. The van der Waals surface area contributed by atoms with Crippen molar-refractivity contribution in [1.82, 2.24) is 9.97 Å². The number of amides is 1. The van der Waals surface area contributed by atoms with E-state index < -0.39 is 0 Å². The van der Waals surface area contributed by atoms with Gasteiger partial charge in [-0.2, -0.15) is 0 Å². The van der Waals surface area contributed by atoms with E-state index in [1.807, 2.05) is 43.3 Å². The molecule has 0 saturated heterocycles. The van der Waals surface area contributed by atoms with Gasteiger partial charge in [0.15, 0.2) is 0 Å². The quantitative estimate of drug-likeness (QED) is 0.725. The molecule has 142 valence electrons. The highest BCUT2D eigenvalue weighted by Gasteiger charge is 2.28. The number of carbonyl (C=O) groups excluding carboxylic acids is 1. The van der Waals surface area contributed by atoms with E-state index in [-0.39, 0.29) is 11.9 Å². The number of hydrogen-bond acceptors (Lipinski definition) is 5. The highest BCUT2D eigenvalue weighted by Crippen LogP contribution is 2.37. The van der Waals surface area contributed by atoms with Crippen molar-refractivity contribution in [2.24, 2.45) is 0 Å². The minimum Gasteiger partial charge on any atom is -0.494 e. The van der Waals surface area contributed by atoms with Gasteiger partial charge in [0.05, 0.1) is 6.61 Å². The molecule has 6 nitrogen and oxygen atoms in total. The molecule has 1 aromatic heterocycles. The Balaban J connectivity index is 1.54. The summed E-state index contributed by atoms with van der Waals surface area (Å²) in [7, 11) is 0. The molecule has 28 heavy (non-hydrogen) atoms. The molecule has 1 aliphatic rings. The molecule has 1 amide bonds. The average molecular weight is 374 g/mol. The molecule has 0 bridgehead atoms. The van der Waals surface area contributed by atoms with Crippen LogP contribution in [0, 0.1) is 0 Å². The SMILES string of the molecule is CCOc1ccc(NC(=O)c2cc(N3c4ccccc4CC3C)ncn2)cc1. The zero-order chi connectivity index (χ0) is 19.5. The van der Waals surface area contributed by atoms with E-state index in [0.29, 0.717) is 18.0 Å². The Morgan fingerprint density at radius 2 is 1.96 bits per heavy atom. The van der Waals surface area contributed by atoms with Crippen molar-refractivity contribution in [1.29, 1.82) is 0 Å². The number of hydrogen-bond donors (Lipinski definition) is 1. The van der Waals surface area contributed by atoms with Gasteiger partial charge in [0.2, 0.25) is 0 Å². The van der Waals surface area contributed by atoms with E-state index in [0.717, 1.165) is 23.7 Å². The van der Waals surface area contributed by atoms with Crippen LogP contribution in [0.5, 0.6) is 5.75 Å². The van der Waals surface area contributed by atoms with Crippen LogP contribution in [0.15, 0.2) is 60.9 Å². The number of benzene rings is 2. The lowest BCUT2D eigenvalue weighted by Crippen LogP contribution is -2.25. The third-order valence-corrected chi connectivity index (χ3v) is 4.76. The minimum atomic E-state index is -0.270. The lowest BCUT2D eigenvalue weighted by atomic mass is 10.1. The van der Waals surface area contributed by atoms with Crippen LogP contribution in [0.4, 0.5) is 17.2 Å². The number of nitrogens with zero attached hydrogens (tertiary/aromatic N) is 3. The Kier molecular flexibility index (Phi) is 4.93. The molecule has 3 aromatic rings. The van der Waals surface area contributed by atoms with Crippen molar-refractivity contribution in [2.75, 3.05) is 16.8 Å². The number of fused-ring (bicyclic) bond motifs is 1. The fraction of sp³-hybridized carbons (Fsp3) is 0.227. The standard InChI is InChI=1S/C22H22N4O2/c1-3-28-18-10-8-17(9-11-18)25-22(27)19-13-21(24-14-23-19)26-15(2)12-16-6-4-5-7-20(16)26/h4-11,13-15H,3,12H2,1-2H3,(H,25,27). The van der Waals surface area contributed by atoms with E-state index in [4.69, 9.17) is 4.74 Å². The number of nitrogens with one attached hydrogen (secondary N) is 1. The van der Waals surface area contributed by atoms with E-state index in [2.05, 4.69) is 39.2 Å². The van der Waals surface area contributed by atoms with Crippen molar-refractivity contribution in [3.8, 4) is 5.75 Å². The number of carbonyl (C=O) groups is 1. The smallest absolute Gasteiger partial charge is 0.274 e. The van der Waals surface area contributed by atoms with Crippen LogP contribution < -0.4 is 15.0 Å². The third kappa shape index (κ3) is 3.53. The van der Waals surface area contributed by atoms with Crippen molar-refractivity contribution >= 4 is 23.1 Å². The maximum atomic E-state index is 12.7. The fourth-order valence-corrected chi connectivity index (χ4v) is 3.51. The van der Waals surface area contributed by atoms with Gasteiger partial charge in [0.25, 0.3) is 5.91 Å². The van der Waals surface area contributed by atoms with Crippen LogP contribution in [0.25, 0.3) is 0 Å². The van der Waals surface area contributed by atoms with Crippen molar-refractivity contribution in [3.05, 3.63) is 72.2 Å². The van der Waals surface area contributed by atoms with Crippen molar-refractivity contribution in [3.63, 3.8) is 0 Å². The number of ether oxygens (including phenoxy) is 1. The Hall–Kier alpha value is -3.41. The zero-order valence-electron chi connectivity index (χ0n) is 15.9. The van der Waals surface area contributed by atoms with Gasteiger partial charge in [-0.25, -0.2) is 9.97 Å².